The summed E-state index contributed by atoms with van der Waals surface area (Å²) >= 11 is 0. The zero-order chi connectivity index (χ0) is 9.26. The molecule has 2 N–H and O–H groups in total. The predicted molar refractivity (Wildman–Crippen MR) is 51.8 cm³/mol. The summed E-state index contributed by atoms with van der Waals surface area (Å²) < 4.78 is 0. The molecule has 1 fully saturated rings. The lowest BCUT2D eigenvalue weighted by Gasteiger charge is -2.09. The van der Waals surface area contributed by atoms with Gasteiger partial charge in [-0.05, 0) is 37.9 Å². The maximum absolute atomic E-state index is 11.5. The van der Waals surface area contributed by atoms with Gasteiger partial charge in [-0.1, -0.05) is 0 Å². The van der Waals surface area contributed by atoms with Crippen LogP contribution in [-0.4, -0.2) is 11.5 Å². The largest absolute Gasteiger partial charge is 0.329 e. The molecule has 13 heavy (non-hydrogen) atoms. The number of H-pyrrole nitrogens is 1. The molecule has 1 aliphatic rings. The third kappa shape index (κ3) is 1.65. The van der Waals surface area contributed by atoms with Crippen molar-refractivity contribution in [2.75, 3.05) is 6.54 Å². The van der Waals surface area contributed by atoms with E-state index < -0.39 is 0 Å². The smallest absolute Gasteiger partial charge is 0.252 e. The van der Waals surface area contributed by atoms with Gasteiger partial charge in [0.05, 0.1) is 0 Å². The van der Waals surface area contributed by atoms with Crippen molar-refractivity contribution in [2.24, 2.45) is 0 Å². The van der Waals surface area contributed by atoms with Crippen LogP contribution in [0.25, 0.3) is 0 Å². The van der Waals surface area contributed by atoms with E-state index in [1.165, 1.54) is 0 Å². The van der Waals surface area contributed by atoms with Gasteiger partial charge >= 0.3 is 0 Å². The van der Waals surface area contributed by atoms with Crippen LogP contribution in [0.4, 0.5) is 0 Å². The highest BCUT2D eigenvalue weighted by Gasteiger charge is 2.18. The molecule has 0 unspecified atom stereocenters. The number of aromatic nitrogens is 1. The van der Waals surface area contributed by atoms with Gasteiger partial charge in [-0.2, -0.15) is 0 Å². The highest BCUT2D eigenvalue weighted by Crippen LogP contribution is 2.20. The van der Waals surface area contributed by atoms with Gasteiger partial charge in [-0.3, -0.25) is 4.79 Å². The number of aryl methyl sites for hydroxylation is 1. The third-order valence-electron chi connectivity index (χ3n) is 2.51. The van der Waals surface area contributed by atoms with Crippen LogP contribution in [0.3, 0.4) is 0 Å². The van der Waals surface area contributed by atoms with E-state index in [4.69, 9.17) is 0 Å². The monoisotopic (exact) mass is 178 g/mol. The molecule has 3 nitrogen and oxygen atoms in total. The molecule has 2 heterocycles. The summed E-state index contributed by atoms with van der Waals surface area (Å²) in [5.41, 5.74) is 2.05. The topological polar surface area (TPSA) is 44.9 Å². The molecule has 0 aromatic carbocycles. The maximum atomic E-state index is 11.5. The summed E-state index contributed by atoms with van der Waals surface area (Å²) in [6, 6.07) is 2.24. The van der Waals surface area contributed by atoms with Crippen LogP contribution in [0.5, 0.6) is 0 Å². The van der Waals surface area contributed by atoms with Gasteiger partial charge < -0.3 is 10.3 Å². The first-order chi connectivity index (χ1) is 6.27. The Labute approximate surface area is 77.2 Å². The fourth-order valence-corrected chi connectivity index (χ4v) is 1.82. The minimum atomic E-state index is 0.0463. The SMILES string of the molecule is Cc1c[nH]c(=O)c([C@H]2CCCN2)c1. The lowest BCUT2D eigenvalue weighted by atomic mass is 10.1. The van der Waals surface area contributed by atoms with Crippen molar-refractivity contribution in [1.82, 2.24) is 10.3 Å². The average molecular weight is 178 g/mol. The number of nitrogens with one attached hydrogen (secondary N) is 2. The van der Waals surface area contributed by atoms with Crippen LogP contribution in [0, 0.1) is 6.92 Å². The Morgan fingerprint density at radius 2 is 2.38 bits per heavy atom. The molecule has 1 aliphatic heterocycles. The molecular formula is C10H14N2O. The number of hydrogen-bond acceptors (Lipinski definition) is 2. The summed E-state index contributed by atoms with van der Waals surface area (Å²) in [5, 5.41) is 3.32. The summed E-state index contributed by atoms with van der Waals surface area (Å²) in [5.74, 6) is 0. The Hall–Kier alpha value is -1.09. The summed E-state index contributed by atoms with van der Waals surface area (Å²) in [7, 11) is 0. The van der Waals surface area contributed by atoms with Crippen molar-refractivity contribution in [3.8, 4) is 0 Å². The molecule has 70 valence electrons. The Balaban J connectivity index is 2.37. The molecule has 1 aromatic rings. The van der Waals surface area contributed by atoms with Crippen molar-refractivity contribution in [3.05, 3.63) is 33.7 Å². The Morgan fingerprint density at radius 1 is 1.54 bits per heavy atom. The van der Waals surface area contributed by atoms with Gasteiger partial charge in [0, 0.05) is 17.8 Å². The second kappa shape index (κ2) is 3.34. The van der Waals surface area contributed by atoms with Crippen molar-refractivity contribution >= 4 is 0 Å². The molecule has 1 aromatic heterocycles. The van der Waals surface area contributed by atoms with Gasteiger partial charge in [0.25, 0.3) is 5.56 Å². The number of aromatic amines is 1. The first-order valence-electron chi connectivity index (χ1n) is 4.70. The normalized spacial score (nSPS) is 22.1. The molecule has 0 amide bonds. The maximum Gasteiger partial charge on any atom is 0.252 e. The van der Waals surface area contributed by atoms with Crippen LogP contribution >= 0.6 is 0 Å². The lowest BCUT2D eigenvalue weighted by molar-refractivity contribution is 0.638. The standard InChI is InChI=1S/C10H14N2O/c1-7-5-8(10(13)12-6-7)9-3-2-4-11-9/h5-6,9,11H,2-4H2,1H3,(H,12,13)/t9-/m1/s1. The second-order valence-corrected chi connectivity index (χ2v) is 3.61. The first-order valence-corrected chi connectivity index (χ1v) is 4.70. The van der Waals surface area contributed by atoms with E-state index in [0.717, 1.165) is 30.5 Å². The molecule has 2 rings (SSSR count). The van der Waals surface area contributed by atoms with Crippen LogP contribution in [0.15, 0.2) is 17.1 Å². The van der Waals surface area contributed by atoms with E-state index in [0.29, 0.717) is 0 Å². The average Bonchev–Trinajstić information content (AvgIpc) is 2.61. The van der Waals surface area contributed by atoms with E-state index >= 15 is 0 Å². The minimum Gasteiger partial charge on any atom is -0.329 e. The number of pyridine rings is 1. The molecule has 0 radical (unpaired) electrons. The van der Waals surface area contributed by atoms with E-state index in [9.17, 15) is 4.79 Å². The molecule has 0 spiro atoms. The van der Waals surface area contributed by atoms with E-state index in [-0.39, 0.29) is 11.6 Å². The van der Waals surface area contributed by atoms with Crippen molar-refractivity contribution in [3.63, 3.8) is 0 Å². The Bertz CT molecular complexity index is 350. The minimum absolute atomic E-state index is 0.0463. The van der Waals surface area contributed by atoms with Crippen molar-refractivity contribution in [2.45, 2.75) is 25.8 Å². The molecule has 1 saturated heterocycles. The third-order valence-corrected chi connectivity index (χ3v) is 2.51. The summed E-state index contributed by atoms with van der Waals surface area (Å²) in [6.45, 7) is 3.02. The van der Waals surface area contributed by atoms with Gasteiger partial charge in [0.1, 0.15) is 0 Å². The van der Waals surface area contributed by atoms with Gasteiger partial charge in [-0.25, -0.2) is 0 Å². The molecular weight excluding hydrogens is 164 g/mol. The molecule has 0 aliphatic carbocycles. The van der Waals surface area contributed by atoms with E-state index in [1.54, 1.807) is 6.20 Å². The highest BCUT2D eigenvalue weighted by atomic mass is 16.1. The van der Waals surface area contributed by atoms with Crippen LogP contribution in [0.1, 0.15) is 30.0 Å². The zero-order valence-corrected chi connectivity index (χ0v) is 7.76. The zero-order valence-electron chi connectivity index (χ0n) is 7.76. The van der Waals surface area contributed by atoms with Crippen LogP contribution in [0.2, 0.25) is 0 Å². The van der Waals surface area contributed by atoms with E-state index in [1.807, 2.05) is 13.0 Å². The first kappa shape index (κ1) is 8.51. The highest BCUT2D eigenvalue weighted by molar-refractivity contribution is 5.21. The van der Waals surface area contributed by atoms with Crippen molar-refractivity contribution in [1.29, 1.82) is 0 Å². The van der Waals surface area contributed by atoms with Crippen molar-refractivity contribution < 1.29 is 0 Å². The van der Waals surface area contributed by atoms with Gasteiger partial charge in [0.15, 0.2) is 0 Å². The Kier molecular flexibility index (Phi) is 2.19. The fourth-order valence-electron chi connectivity index (χ4n) is 1.82. The number of rotatable bonds is 1. The fraction of sp³-hybridized carbons (Fsp3) is 0.500. The molecule has 3 heteroatoms. The van der Waals surface area contributed by atoms with E-state index in [2.05, 4.69) is 10.3 Å². The van der Waals surface area contributed by atoms with Gasteiger partial charge in [-0.15, -0.1) is 0 Å². The lowest BCUT2D eigenvalue weighted by Crippen LogP contribution is -2.22. The summed E-state index contributed by atoms with van der Waals surface area (Å²) in [6.07, 6.45) is 3.99. The van der Waals surface area contributed by atoms with Crippen LogP contribution in [-0.2, 0) is 0 Å². The second-order valence-electron chi connectivity index (χ2n) is 3.61. The number of hydrogen-bond donors (Lipinski definition) is 2. The molecule has 0 saturated carbocycles. The Morgan fingerprint density at radius 3 is 3.08 bits per heavy atom. The van der Waals surface area contributed by atoms with Crippen LogP contribution < -0.4 is 10.9 Å². The predicted octanol–water partition coefficient (Wildman–Crippen LogP) is 1.11. The molecule has 0 bridgehead atoms. The molecule has 1 atom stereocenters. The summed E-state index contributed by atoms with van der Waals surface area (Å²) in [4.78, 5) is 14.2. The quantitative estimate of drug-likeness (QED) is 0.676. The van der Waals surface area contributed by atoms with Gasteiger partial charge in [0.2, 0.25) is 0 Å².